The van der Waals surface area contributed by atoms with Crippen molar-refractivity contribution in [1.82, 2.24) is 4.98 Å². The van der Waals surface area contributed by atoms with Gasteiger partial charge in [0.1, 0.15) is 12.4 Å². The first-order chi connectivity index (χ1) is 12.7. The van der Waals surface area contributed by atoms with Gasteiger partial charge in [-0.3, -0.25) is 4.98 Å². The lowest BCUT2D eigenvalue weighted by atomic mass is 10.1. The predicted octanol–water partition coefficient (Wildman–Crippen LogP) is 4.71. The molecule has 3 aromatic rings. The summed E-state index contributed by atoms with van der Waals surface area (Å²) in [6, 6.07) is 18.7. The Balaban J connectivity index is 1.44. The van der Waals surface area contributed by atoms with E-state index in [9.17, 15) is 4.79 Å². The third-order valence-electron chi connectivity index (χ3n) is 3.76. The SMILES string of the molecule is O=C(OCCc1ccc(OCc2ccc(Cl)cc2)cc1)c1cccnc1. The van der Waals surface area contributed by atoms with Crippen LogP contribution >= 0.6 is 11.6 Å². The zero-order valence-electron chi connectivity index (χ0n) is 14.1. The van der Waals surface area contributed by atoms with Crippen molar-refractivity contribution in [2.24, 2.45) is 0 Å². The fourth-order valence-electron chi connectivity index (χ4n) is 2.33. The Kier molecular flexibility index (Phi) is 6.23. The van der Waals surface area contributed by atoms with Crippen LogP contribution in [-0.4, -0.2) is 17.6 Å². The van der Waals surface area contributed by atoms with Gasteiger partial charge in [-0.25, -0.2) is 4.79 Å². The van der Waals surface area contributed by atoms with Crippen LogP contribution in [0.25, 0.3) is 0 Å². The molecule has 1 aromatic heterocycles. The van der Waals surface area contributed by atoms with Crippen molar-refractivity contribution >= 4 is 17.6 Å². The summed E-state index contributed by atoms with van der Waals surface area (Å²) in [5.74, 6) is 0.428. The predicted molar refractivity (Wildman–Crippen MR) is 100 cm³/mol. The molecule has 4 nitrogen and oxygen atoms in total. The zero-order chi connectivity index (χ0) is 18.2. The van der Waals surface area contributed by atoms with E-state index in [1.54, 1.807) is 18.3 Å². The fourth-order valence-corrected chi connectivity index (χ4v) is 2.45. The number of nitrogens with zero attached hydrogens (tertiary/aromatic N) is 1. The Labute approximate surface area is 157 Å². The average molecular weight is 368 g/mol. The quantitative estimate of drug-likeness (QED) is 0.567. The molecule has 0 saturated carbocycles. The molecule has 0 aliphatic heterocycles. The number of carbonyl (C=O) groups excluding carboxylic acids is 1. The maximum absolute atomic E-state index is 11.8. The number of hydrogen-bond donors (Lipinski definition) is 0. The van der Waals surface area contributed by atoms with Crippen LogP contribution in [0.3, 0.4) is 0 Å². The Morgan fingerprint density at radius 3 is 2.38 bits per heavy atom. The lowest BCUT2D eigenvalue weighted by Gasteiger charge is -2.08. The molecule has 2 aromatic carbocycles. The minimum absolute atomic E-state index is 0.318. The maximum atomic E-state index is 11.8. The molecule has 0 fully saturated rings. The number of pyridine rings is 1. The van der Waals surface area contributed by atoms with Gasteiger partial charge >= 0.3 is 5.97 Å². The summed E-state index contributed by atoms with van der Waals surface area (Å²) in [7, 11) is 0. The summed E-state index contributed by atoms with van der Waals surface area (Å²) in [6.45, 7) is 0.804. The Hall–Kier alpha value is -2.85. The van der Waals surface area contributed by atoms with Gasteiger partial charge in [0.2, 0.25) is 0 Å². The molecule has 132 valence electrons. The highest BCUT2D eigenvalue weighted by Gasteiger charge is 2.06. The van der Waals surface area contributed by atoms with Crippen LogP contribution < -0.4 is 4.74 Å². The first kappa shape index (κ1) is 18.0. The summed E-state index contributed by atoms with van der Waals surface area (Å²) in [5.41, 5.74) is 2.59. The highest BCUT2D eigenvalue weighted by atomic mass is 35.5. The van der Waals surface area contributed by atoms with Crippen LogP contribution in [-0.2, 0) is 17.8 Å². The number of hydrogen-bond acceptors (Lipinski definition) is 4. The number of esters is 1. The van der Waals surface area contributed by atoms with Gasteiger partial charge in [0.25, 0.3) is 0 Å². The fraction of sp³-hybridized carbons (Fsp3) is 0.143. The summed E-state index contributed by atoms with van der Waals surface area (Å²) < 4.78 is 11.0. The molecule has 0 bridgehead atoms. The lowest BCUT2D eigenvalue weighted by molar-refractivity contribution is 0.0509. The standard InChI is InChI=1S/C21H18ClNO3/c22-19-7-3-17(4-8-19)15-26-20-9-5-16(6-10-20)11-13-25-21(24)18-2-1-12-23-14-18/h1-10,12,14H,11,13,15H2. The van der Waals surface area contributed by atoms with Gasteiger partial charge in [-0.05, 0) is 47.5 Å². The molecule has 3 rings (SSSR count). The van der Waals surface area contributed by atoms with Gasteiger partial charge in [0.15, 0.2) is 0 Å². The van der Waals surface area contributed by atoms with Crippen LogP contribution in [0.2, 0.25) is 5.02 Å². The molecular weight excluding hydrogens is 350 g/mol. The number of halogens is 1. The highest BCUT2D eigenvalue weighted by molar-refractivity contribution is 6.30. The number of carbonyl (C=O) groups is 1. The second-order valence-electron chi connectivity index (χ2n) is 5.69. The average Bonchev–Trinajstić information content (AvgIpc) is 2.69. The van der Waals surface area contributed by atoms with E-state index in [0.29, 0.717) is 30.2 Å². The van der Waals surface area contributed by atoms with E-state index in [0.717, 1.165) is 16.9 Å². The first-order valence-corrected chi connectivity index (χ1v) is 8.62. The van der Waals surface area contributed by atoms with Gasteiger partial charge in [-0.2, -0.15) is 0 Å². The largest absolute Gasteiger partial charge is 0.489 e. The van der Waals surface area contributed by atoms with Crippen molar-refractivity contribution in [1.29, 1.82) is 0 Å². The molecule has 1 heterocycles. The number of benzene rings is 2. The molecule has 0 N–H and O–H groups in total. The first-order valence-electron chi connectivity index (χ1n) is 8.24. The number of ether oxygens (including phenoxy) is 2. The van der Waals surface area contributed by atoms with Crippen molar-refractivity contribution in [3.63, 3.8) is 0 Å². The van der Waals surface area contributed by atoms with E-state index < -0.39 is 0 Å². The molecule has 0 saturated heterocycles. The van der Waals surface area contributed by atoms with E-state index >= 15 is 0 Å². The Morgan fingerprint density at radius 2 is 1.69 bits per heavy atom. The smallest absolute Gasteiger partial charge is 0.339 e. The van der Waals surface area contributed by atoms with E-state index in [1.807, 2.05) is 48.5 Å². The van der Waals surface area contributed by atoms with Gasteiger partial charge in [0, 0.05) is 23.8 Å². The minimum Gasteiger partial charge on any atom is -0.489 e. The molecule has 26 heavy (non-hydrogen) atoms. The molecule has 5 heteroatoms. The van der Waals surface area contributed by atoms with Crippen LogP contribution in [0.4, 0.5) is 0 Å². The van der Waals surface area contributed by atoms with Gasteiger partial charge in [-0.15, -0.1) is 0 Å². The molecule has 0 atom stereocenters. The molecule has 0 aliphatic rings. The van der Waals surface area contributed by atoms with Crippen LogP contribution in [0.1, 0.15) is 21.5 Å². The molecule has 0 radical (unpaired) electrons. The zero-order valence-corrected chi connectivity index (χ0v) is 14.9. The number of aromatic nitrogens is 1. The minimum atomic E-state index is -0.360. The summed E-state index contributed by atoms with van der Waals surface area (Å²) >= 11 is 5.87. The highest BCUT2D eigenvalue weighted by Crippen LogP contribution is 2.16. The van der Waals surface area contributed by atoms with Gasteiger partial charge in [0.05, 0.1) is 12.2 Å². The summed E-state index contributed by atoms with van der Waals surface area (Å²) in [4.78, 5) is 15.7. The molecule has 0 amide bonds. The maximum Gasteiger partial charge on any atom is 0.339 e. The Bertz CT molecular complexity index is 833. The third-order valence-corrected chi connectivity index (χ3v) is 4.02. The normalized spacial score (nSPS) is 10.3. The second kappa shape index (κ2) is 9.02. The molecular formula is C21H18ClNO3. The van der Waals surface area contributed by atoms with Crippen molar-refractivity contribution in [2.45, 2.75) is 13.0 Å². The van der Waals surface area contributed by atoms with Gasteiger partial charge in [-0.1, -0.05) is 35.9 Å². The van der Waals surface area contributed by atoms with Crippen molar-refractivity contribution < 1.29 is 14.3 Å². The number of rotatable bonds is 7. The molecule has 0 unspecified atom stereocenters. The van der Waals surface area contributed by atoms with Crippen LogP contribution in [0.15, 0.2) is 73.1 Å². The summed E-state index contributed by atoms with van der Waals surface area (Å²) in [6.07, 6.45) is 3.76. The topological polar surface area (TPSA) is 48.4 Å². The second-order valence-corrected chi connectivity index (χ2v) is 6.12. The van der Waals surface area contributed by atoms with Crippen LogP contribution in [0, 0.1) is 0 Å². The van der Waals surface area contributed by atoms with E-state index in [-0.39, 0.29) is 5.97 Å². The van der Waals surface area contributed by atoms with Crippen LogP contribution in [0.5, 0.6) is 5.75 Å². The lowest BCUT2D eigenvalue weighted by Crippen LogP contribution is -2.08. The van der Waals surface area contributed by atoms with Gasteiger partial charge < -0.3 is 9.47 Å². The van der Waals surface area contributed by atoms with Crippen molar-refractivity contribution in [3.8, 4) is 5.75 Å². The van der Waals surface area contributed by atoms with Crippen molar-refractivity contribution in [3.05, 3.63) is 94.8 Å². The molecule has 0 spiro atoms. The van der Waals surface area contributed by atoms with E-state index in [1.165, 1.54) is 6.20 Å². The van der Waals surface area contributed by atoms with Crippen molar-refractivity contribution in [2.75, 3.05) is 6.61 Å². The van der Waals surface area contributed by atoms with E-state index in [2.05, 4.69) is 4.98 Å². The Morgan fingerprint density at radius 1 is 0.962 bits per heavy atom. The molecule has 0 aliphatic carbocycles. The summed E-state index contributed by atoms with van der Waals surface area (Å²) in [5, 5.41) is 0.710. The van der Waals surface area contributed by atoms with E-state index in [4.69, 9.17) is 21.1 Å². The third kappa shape index (κ3) is 5.33. The monoisotopic (exact) mass is 367 g/mol.